The Labute approximate surface area is 145 Å². The van der Waals surface area contributed by atoms with Gasteiger partial charge in [-0.25, -0.2) is 0 Å². The first-order chi connectivity index (χ1) is 11.6. The van der Waals surface area contributed by atoms with Gasteiger partial charge in [0.25, 0.3) is 0 Å². The molecule has 24 heavy (non-hydrogen) atoms. The molecule has 1 unspecified atom stereocenters. The van der Waals surface area contributed by atoms with Gasteiger partial charge >= 0.3 is 0 Å². The number of ketones is 1. The average molecular weight is 337 g/mol. The van der Waals surface area contributed by atoms with Crippen molar-refractivity contribution in [3.8, 4) is 5.69 Å². The molecule has 0 aliphatic rings. The first kappa shape index (κ1) is 16.5. The molecule has 0 fully saturated rings. The number of aryl methyl sites for hydroxylation is 2. The zero-order valence-corrected chi connectivity index (χ0v) is 14.7. The molecule has 0 aliphatic carbocycles. The minimum atomic E-state index is -0.237. The molecule has 1 atom stereocenters. The zero-order valence-electron chi connectivity index (χ0n) is 13.9. The van der Waals surface area contributed by atoms with Crippen molar-refractivity contribution >= 4 is 17.5 Å². The highest BCUT2D eigenvalue weighted by molar-refractivity contribution is 8.00. The molecule has 0 spiro atoms. The van der Waals surface area contributed by atoms with E-state index < -0.39 is 0 Å². The van der Waals surface area contributed by atoms with E-state index in [1.54, 1.807) is 0 Å². The van der Waals surface area contributed by atoms with Crippen molar-refractivity contribution in [1.29, 1.82) is 0 Å². The summed E-state index contributed by atoms with van der Waals surface area (Å²) < 4.78 is 1.99. The van der Waals surface area contributed by atoms with Crippen LogP contribution in [0.5, 0.6) is 0 Å². The highest BCUT2D eigenvalue weighted by atomic mass is 32.2. The number of rotatable bonds is 5. The smallest absolute Gasteiger partial charge is 0.196 e. The Bertz CT molecular complexity index is 858. The standard InChI is InChI=1S/C19H19N3OS/c1-13-8-7-11-17(12-13)22-15(3)20-21-19(22)24-14(2)18(23)16-9-5-4-6-10-16/h4-12,14H,1-3H3. The number of aromatic nitrogens is 3. The fraction of sp³-hybridized carbons (Fsp3) is 0.211. The molecule has 0 saturated heterocycles. The molecule has 0 amide bonds. The Kier molecular flexibility index (Phi) is 4.81. The zero-order chi connectivity index (χ0) is 17.1. The van der Waals surface area contributed by atoms with Crippen molar-refractivity contribution in [1.82, 2.24) is 14.8 Å². The van der Waals surface area contributed by atoms with Crippen LogP contribution in [-0.2, 0) is 0 Å². The first-order valence-corrected chi connectivity index (χ1v) is 8.69. The molecule has 3 rings (SSSR count). The van der Waals surface area contributed by atoms with E-state index in [4.69, 9.17) is 0 Å². The lowest BCUT2D eigenvalue weighted by atomic mass is 10.1. The van der Waals surface area contributed by atoms with Gasteiger partial charge in [-0.15, -0.1) is 10.2 Å². The molecule has 0 N–H and O–H groups in total. The molecule has 5 heteroatoms. The number of hydrogen-bond donors (Lipinski definition) is 0. The van der Waals surface area contributed by atoms with E-state index in [1.807, 2.05) is 60.9 Å². The lowest BCUT2D eigenvalue weighted by Crippen LogP contribution is -2.14. The number of carbonyl (C=O) groups is 1. The summed E-state index contributed by atoms with van der Waals surface area (Å²) in [6.07, 6.45) is 0. The second-order valence-electron chi connectivity index (χ2n) is 5.69. The van der Waals surface area contributed by atoms with Gasteiger partial charge in [-0.1, -0.05) is 54.2 Å². The monoisotopic (exact) mass is 337 g/mol. The van der Waals surface area contributed by atoms with Crippen LogP contribution in [0.15, 0.2) is 59.8 Å². The van der Waals surface area contributed by atoms with Crippen LogP contribution in [0.2, 0.25) is 0 Å². The Balaban J connectivity index is 1.87. The van der Waals surface area contributed by atoms with Crippen LogP contribution >= 0.6 is 11.8 Å². The third-order valence-corrected chi connectivity index (χ3v) is 4.81. The van der Waals surface area contributed by atoms with Crippen LogP contribution in [0.1, 0.15) is 28.7 Å². The minimum Gasteiger partial charge on any atom is -0.293 e. The third-order valence-electron chi connectivity index (χ3n) is 3.76. The van der Waals surface area contributed by atoms with Gasteiger partial charge in [0.2, 0.25) is 0 Å². The van der Waals surface area contributed by atoms with Crippen LogP contribution < -0.4 is 0 Å². The van der Waals surface area contributed by atoms with Gasteiger partial charge in [0.15, 0.2) is 10.9 Å². The number of benzene rings is 2. The van der Waals surface area contributed by atoms with Crippen LogP contribution in [0, 0.1) is 13.8 Å². The lowest BCUT2D eigenvalue weighted by molar-refractivity contribution is 0.0994. The molecule has 3 aromatic rings. The molecular formula is C19H19N3OS. The Morgan fingerprint density at radius 2 is 1.79 bits per heavy atom. The van der Waals surface area contributed by atoms with Crippen molar-refractivity contribution in [3.05, 3.63) is 71.5 Å². The molecule has 0 saturated carbocycles. The second-order valence-corrected chi connectivity index (χ2v) is 7.00. The molecule has 122 valence electrons. The van der Waals surface area contributed by atoms with Gasteiger partial charge in [-0.2, -0.15) is 0 Å². The number of hydrogen-bond acceptors (Lipinski definition) is 4. The van der Waals surface area contributed by atoms with Crippen molar-refractivity contribution in [2.75, 3.05) is 0 Å². The van der Waals surface area contributed by atoms with E-state index in [0.717, 1.165) is 22.2 Å². The predicted molar refractivity (Wildman–Crippen MR) is 96.9 cm³/mol. The Morgan fingerprint density at radius 1 is 1.04 bits per heavy atom. The third kappa shape index (κ3) is 3.41. The fourth-order valence-electron chi connectivity index (χ4n) is 2.53. The molecular weight excluding hydrogens is 318 g/mol. The maximum absolute atomic E-state index is 12.6. The Morgan fingerprint density at radius 3 is 2.50 bits per heavy atom. The summed E-state index contributed by atoms with van der Waals surface area (Å²) in [7, 11) is 0. The van der Waals surface area contributed by atoms with Crippen LogP contribution in [0.4, 0.5) is 0 Å². The molecule has 0 radical (unpaired) electrons. The highest BCUT2D eigenvalue weighted by Gasteiger charge is 2.20. The van der Waals surface area contributed by atoms with Crippen molar-refractivity contribution in [3.63, 3.8) is 0 Å². The summed E-state index contributed by atoms with van der Waals surface area (Å²) in [6.45, 7) is 5.88. The van der Waals surface area contributed by atoms with E-state index in [0.29, 0.717) is 0 Å². The van der Waals surface area contributed by atoms with Crippen molar-refractivity contribution in [2.24, 2.45) is 0 Å². The van der Waals surface area contributed by atoms with Crippen LogP contribution in [0.25, 0.3) is 5.69 Å². The number of nitrogens with zero attached hydrogens (tertiary/aromatic N) is 3. The van der Waals surface area contributed by atoms with E-state index >= 15 is 0 Å². The van der Waals surface area contributed by atoms with E-state index in [1.165, 1.54) is 17.3 Å². The summed E-state index contributed by atoms with van der Waals surface area (Å²) in [5, 5.41) is 8.94. The summed E-state index contributed by atoms with van der Waals surface area (Å²) >= 11 is 1.43. The largest absolute Gasteiger partial charge is 0.293 e. The minimum absolute atomic E-state index is 0.0945. The van der Waals surface area contributed by atoms with Gasteiger partial charge in [-0.05, 0) is 38.5 Å². The summed E-state index contributed by atoms with van der Waals surface area (Å²) in [4.78, 5) is 12.6. The number of thioether (sulfide) groups is 1. The van der Waals surface area contributed by atoms with E-state index in [2.05, 4.69) is 29.3 Å². The second kappa shape index (κ2) is 7.01. The Hall–Kier alpha value is -2.40. The van der Waals surface area contributed by atoms with E-state index in [-0.39, 0.29) is 11.0 Å². The highest BCUT2D eigenvalue weighted by Crippen LogP contribution is 2.27. The fourth-order valence-corrected chi connectivity index (χ4v) is 3.52. The number of carbonyl (C=O) groups excluding carboxylic acids is 1. The van der Waals surface area contributed by atoms with Crippen molar-refractivity contribution in [2.45, 2.75) is 31.2 Å². The first-order valence-electron chi connectivity index (χ1n) is 7.81. The maximum atomic E-state index is 12.6. The molecule has 0 aliphatic heterocycles. The summed E-state index contributed by atoms with van der Waals surface area (Å²) in [5.41, 5.74) is 2.90. The topological polar surface area (TPSA) is 47.8 Å². The van der Waals surface area contributed by atoms with E-state index in [9.17, 15) is 4.79 Å². The van der Waals surface area contributed by atoms with Gasteiger partial charge in [-0.3, -0.25) is 9.36 Å². The van der Waals surface area contributed by atoms with Gasteiger partial charge in [0, 0.05) is 11.3 Å². The SMILES string of the molecule is Cc1cccc(-n2c(C)nnc2SC(C)C(=O)c2ccccc2)c1. The maximum Gasteiger partial charge on any atom is 0.196 e. The molecule has 1 aromatic heterocycles. The molecule has 4 nitrogen and oxygen atoms in total. The summed E-state index contributed by atoms with van der Waals surface area (Å²) in [5.74, 6) is 0.902. The summed E-state index contributed by atoms with van der Waals surface area (Å²) in [6, 6.07) is 17.5. The van der Waals surface area contributed by atoms with Gasteiger partial charge < -0.3 is 0 Å². The lowest BCUT2D eigenvalue weighted by Gasteiger charge is -2.12. The normalized spacial score (nSPS) is 12.1. The average Bonchev–Trinajstić information content (AvgIpc) is 2.95. The molecule has 2 aromatic carbocycles. The van der Waals surface area contributed by atoms with Gasteiger partial charge in [0.1, 0.15) is 5.82 Å². The molecule has 1 heterocycles. The quantitative estimate of drug-likeness (QED) is 0.516. The van der Waals surface area contributed by atoms with Crippen LogP contribution in [0.3, 0.4) is 0 Å². The van der Waals surface area contributed by atoms with Gasteiger partial charge in [0.05, 0.1) is 5.25 Å². The van der Waals surface area contributed by atoms with Crippen LogP contribution in [-0.4, -0.2) is 25.8 Å². The molecule has 0 bridgehead atoms. The van der Waals surface area contributed by atoms with Crippen molar-refractivity contribution < 1.29 is 4.79 Å². The predicted octanol–water partition coefficient (Wildman–Crippen LogP) is 4.25. The number of Topliss-reactive ketones (excluding diaryl/α,β-unsaturated/α-hetero) is 1.